The van der Waals surface area contributed by atoms with E-state index in [0.29, 0.717) is 0 Å². The Balaban J connectivity index is 1.17. The van der Waals surface area contributed by atoms with Crippen molar-refractivity contribution < 1.29 is 4.42 Å². The molecule has 2 heteroatoms. The number of furan rings is 1. The van der Waals surface area contributed by atoms with Gasteiger partial charge in [-0.05, 0) is 109 Å². The molecular formula is C46H29NO. The van der Waals surface area contributed by atoms with Gasteiger partial charge in [0.25, 0.3) is 0 Å². The molecule has 0 atom stereocenters. The summed E-state index contributed by atoms with van der Waals surface area (Å²) in [5.74, 6) is 0. The van der Waals surface area contributed by atoms with Crippen LogP contribution in [0, 0.1) is 0 Å². The Hall–Kier alpha value is -6.38. The lowest BCUT2D eigenvalue weighted by Crippen LogP contribution is -2.10. The first-order chi connectivity index (χ1) is 23.8. The van der Waals surface area contributed by atoms with E-state index in [1.165, 1.54) is 54.2 Å². The van der Waals surface area contributed by atoms with Crippen LogP contribution in [0.25, 0.3) is 76.2 Å². The summed E-state index contributed by atoms with van der Waals surface area (Å²) in [7, 11) is 0. The van der Waals surface area contributed by atoms with Crippen LogP contribution in [-0.4, -0.2) is 0 Å². The molecule has 1 aromatic heterocycles. The number of anilines is 3. The quantitative estimate of drug-likeness (QED) is 0.184. The van der Waals surface area contributed by atoms with Gasteiger partial charge >= 0.3 is 0 Å². The van der Waals surface area contributed by atoms with Crippen LogP contribution in [0.4, 0.5) is 17.1 Å². The van der Waals surface area contributed by atoms with Gasteiger partial charge in [-0.25, -0.2) is 0 Å². The van der Waals surface area contributed by atoms with Crippen molar-refractivity contribution in [1.82, 2.24) is 0 Å². The lowest BCUT2D eigenvalue weighted by Gasteiger charge is -2.26. The van der Waals surface area contributed by atoms with E-state index in [9.17, 15) is 0 Å². The fourth-order valence-corrected chi connectivity index (χ4v) is 7.43. The zero-order valence-electron chi connectivity index (χ0n) is 26.1. The van der Waals surface area contributed by atoms with Gasteiger partial charge in [-0.15, -0.1) is 0 Å². The van der Waals surface area contributed by atoms with Crippen molar-refractivity contribution in [2.24, 2.45) is 0 Å². The summed E-state index contributed by atoms with van der Waals surface area (Å²) in [6, 6.07) is 63.5. The van der Waals surface area contributed by atoms with Crippen molar-refractivity contribution in [3.63, 3.8) is 0 Å². The number of para-hydroxylation sites is 1. The summed E-state index contributed by atoms with van der Waals surface area (Å²) >= 11 is 0. The molecule has 0 N–H and O–H groups in total. The third-order valence-corrected chi connectivity index (χ3v) is 9.78. The second-order valence-electron chi connectivity index (χ2n) is 12.6. The molecule has 1 heterocycles. The molecule has 0 fully saturated rings. The number of benzene rings is 9. The highest BCUT2D eigenvalue weighted by Crippen LogP contribution is 2.41. The molecular weight excluding hydrogens is 583 g/mol. The maximum atomic E-state index is 6.24. The standard InChI is InChI=1S/C46H29NO/c1-2-8-30(9-3-1)32-18-21-37(22-19-32)47(38-23-20-31-10-4-5-11-34(31)26-38)39-24-25-40-35(27-39)16-14-33-15-17-36-28-45-43(29-42(36)46(33)40)41-12-6-7-13-44(41)48-45/h1-29H. The molecule has 0 aliphatic rings. The molecule has 0 amide bonds. The molecule has 224 valence electrons. The molecule has 10 rings (SSSR count). The SMILES string of the molecule is c1ccc(-c2ccc(N(c3ccc4ccccc4c3)c3ccc4c(ccc5ccc6cc7oc8ccccc8c7cc6c54)c3)cc2)cc1. The molecule has 0 aliphatic carbocycles. The zero-order valence-corrected chi connectivity index (χ0v) is 26.1. The van der Waals surface area contributed by atoms with Gasteiger partial charge in [0.2, 0.25) is 0 Å². The molecule has 0 aliphatic heterocycles. The van der Waals surface area contributed by atoms with Crippen LogP contribution in [0.3, 0.4) is 0 Å². The number of fused-ring (bicyclic) bond motifs is 9. The van der Waals surface area contributed by atoms with E-state index in [1.54, 1.807) is 0 Å². The first-order valence-corrected chi connectivity index (χ1v) is 16.4. The van der Waals surface area contributed by atoms with Crippen LogP contribution < -0.4 is 4.90 Å². The van der Waals surface area contributed by atoms with Gasteiger partial charge < -0.3 is 9.32 Å². The van der Waals surface area contributed by atoms with Crippen molar-refractivity contribution >= 4 is 82.1 Å². The van der Waals surface area contributed by atoms with E-state index < -0.39 is 0 Å². The summed E-state index contributed by atoms with van der Waals surface area (Å²) in [4.78, 5) is 2.37. The second-order valence-corrected chi connectivity index (χ2v) is 12.6. The minimum atomic E-state index is 0.923. The molecule has 0 radical (unpaired) electrons. The summed E-state index contributed by atoms with van der Waals surface area (Å²) in [5.41, 5.74) is 7.63. The van der Waals surface area contributed by atoms with Crippen molar-refractivity contribution in [1.29, 1.82) is 0 Å². The molecule has 10 aromatic rings. The third-order valence-electron chi connectivity index (χ3n) is 9.78. The van der Waals surface area contributed by atoms with E-state index in [0.717, 1.165) is 39.0 Å². The van der Waals surface area contributed by atoms with E-state index in [1.807, 2.05) is 12.1 Å². The predicted molar refractivity (Wildman–Crippen MR) is 204 cm³/mol. The van der Waals surface area contributed by atoms with Crippen LogP contribution in [0.15, 0.2) is 180 Å². The van der Waals surface area contributed by atoms with Crippen molar-refractivity contribution in [2.45, 2.75) is 0 Å². The summed E-state index contributed by atoms with van der Waals surface area (Å²) in [5, 5.41) is 12.1. The van der Waals surface area contributed by atoms with Gasteiger partial charge in [0.15, 0.2) is 0 Å². The van der Waals surface area contributed by atoms with Crippen molar-refractivity contribution in [3.8, 4) is 11.1 Å². The fourth-order valence-electron chi connectivity index (χ4n) is 7.43. The monoisotopic (exact) mass is 611 g/mol. The highest BCUT2D eigenvalue weighted by Gasteiger charge is 2.16. The Morgan fingerprint density at radius 2 is 0.917 bits per heavy atom. The maximum absolute atomic E-state index is 6.24. The van der Waals surface area contributed by atoms with Crippen LogP contribution >= 0.6 is 0 Å². The van der Waals surface area contributed by atoms with Crippen LogP contribution in [0.2, 0.25) is 0 Å². The minimum Gasteiger partial charge on any atom is -0.456 e. The smallest absolute Gasteiger partial charge is 0.136 e. The third kappa shape index (κ3) is 4.27. The average molecular weight is 612 g/mol. The van der Waals surface area contributed by atoms with Crippen LogP contribution in [0.1, 0.15) is 0 Å². The van der Waals surface area contributed by atoms with Gasteiger partial charge in [-0.2, -0.15) is 0 Å². The minimum absolute atomic E-state index is 0.923. The molecule has 0 bridgehead atoms. The molecule has 2 nitrogen and oxygen atoms in total. The number of nitrogens with zero attached hydrogens (tertiary/aromatic N) is 1. The Labute approximate surface area is 277 Å². The Morgan fingerprint density at radius 3 is 1.75 bits per heavy atom. The highest BCUT2D eigenvalue weighted by molar-refractivity contribution is 6.23. The first-order valence-electron chi connectivity index (χ1n) is 16.4. The van der Waals surface area contributed by atoms with Gasteiger partial charge in [0, 0.05) is 27.8 Å². The molecule has 48 heavy (non-hydrogen) atoms. The topological polar surface area (TPSA) is 16.4 Å². The highest BCUT2D eigenvalue weighted by atomic mass is 16.3. The number of rotatable bonds is 4. The average Bonchev–Trinajstić information content (AvgIpc) is 3.51. The molecule has 0 spiro atoms. The predicted octanol–water partition coefficient (Wildman–Crippen LogP) is 13.3. The first kappa shape index (κ1) is 26.8. The maximum Gasteiger partial charge on any atom is 0.136 e. The Morgan fingerprint density at radius 1 is 0.312 bits per heavy atom. The number of hydrogen-bond acceptors (Lipinski definition) is 2. The van der Waals surface area contributed by atoms with Gasteiger partial charge in [0.1, 0.15) is 11.2 Å². The normalized spacial score (nSPS) is 11.8. The number of hydrogen-bond donors (Lipinski definition) is 0. The summed E-state index contributed by atoms with van der Waals surface area (Å²) < 4.78 is 6.24. The van der Waals surface area contributed by atoms with Crippen molar-refractivity contribution in [2.75, 3.05) is 4.90 Å². The lowest BCUT2D eigenvalue weighted by atomic mass is 9.95. The zero-order chi connectivity index (χ0) is 31.6. The molecule has 0 unspecified atom stereocenters. The summed E-state index contributed by atoms with van der Waals surface area (Å²) in [6.45, 7) is 0. The van der Waals surface area contributed by atoms with Gasteiger partial charge in [-0.1, -0.05) is 121 Å². The van der Waals surface area contributed by atoms with E-state index in [2.05, 4.69) is 169 Å². The largest absolute Gasteiger partial charge is 0.456 e. The summed E-state index contributed by atoms with van der Waals surface area (Å²) in [6.07, 6.45) is 0. The van der Waals surface area contributed by atoms with E-state index >= 15 is 0 Å². The fraction of sp³-hybridized carbons (Fsp3) is 0. The lowest BCUT2D eigenvalue weighted by molar-refractivity contribution is 0.669. The molecule has 0 saturated carbocycles. The Kier molecular flexibility index (Phi) is 5.91. The van der Waals surface area contributed by atoms with Crippen LogP contribution in [0.5, 0.6) is 0 Å². The van der Waals surface area contributed by atoms with E-state index in [4.69, 9.17) is 4.42 Å². The molecule has 9 aromatic carbocycles. The van der Waals surface area contributed by atoms with Gasteiger partial charge in [-0.3, -0.25) is 0 Å². The van der Waals surface area contributed by atoms with Crippen molar-refractivity contribution in [3.05, 3.63) is 176 Å². The van der Waals surface area contributed by atoms with E-state index in [-0.39, 0.29) is 0 Å². The second kappa shape index (κ2) is 10.6. The Bertz CT molecular complexity index is 2830. The molecule has 0 saturated heterocycles. The van der Waals surface area contributed by atoms with Crippen LogP contribution in [-0.2, 0) is 0 Å². The van der Waals surface area contributed by atoms with Gasteiger partial charge in [0.05, 0.1) is 0 Å².